The number of likely N-dealkylation sites (N-methyl/N-ethyl adjacent to an activating group) is 1. The van der Waals surface area contributed by atoms with E-state index in [1.807, 2.05) is 42.5 Å². The summed E-state index contributed by atoms with van der Waals surface area (Å²) in [4.78, 5) is 20.7. The van der Waals surface area contributed by atoms with Crippen LogP contribution in [0.25, 0.3) is 0 Å². The summed E-state index contributed by atoms with van der Waals surface area (Å²) >= 11 is 0. The van der Waals surface area contributed by atoms with Crippen molar-refractivity contribution in [1.29, 1.82) is 0 Å². The number of hydrogen-bond acceptors (Lipinski definition) is 4. The molecule has 1 fully saturated rings. The number of carbonyl (C=O) groups excluding carboxylic acids is 1. The van der Waals surface area contributed by atoms with Crippen molar-refractivity contribution in [3.05, 3.63) is 48.0 Å². The fraction of sp³-hybridized carbons (Fsp3) is 0.471. The van der Waals surface area contributed by atoms with Crippen LogP contribution in [-0.2, 0) is 13.1 Å². The van der Waals surface area contributed by atoms with Crippen LogP contribution in [0.2, 0.25) is 0 Å². The molecule has 6 heteroatoms. The van der Waals surface area contributed by atoms with E-state index in [4.69, 9.17) is 0 Å². The van der Waals surface area contributed by atoms with Gasteiger partial charge >= 0.3 is 0 Å². The Hall–Kier alpha value is -2.21. The van der Waals surface area contributed by atoms with Crippen LogP contribution in [-0.4, -0.2) is 56.1 Å². The van der Waals surface area contributed by atoms with Gasteiger partial charge < -0.3 is 4.90 Å². The molecule has 0 atom stereocenters. The monoisotopic (exact) mass is 313 g/mol. The smallest absolute Gasteiger partial charge is 0.274 e. The Kier molecular flexibility index (Phi) is 4.71. The zero-order chi connectivity index (χ0) is 16.2. The maximum Gasteiger partial charge on any atom is 0.274 e. The number of nitrogens with zero attached hydrogens (tertiary/aromatic N) is 5. The SMILES string of the molecule is CCN(Cc1ccncc1)C1CN(C(=O)c2ccn(CC)n2)C1. The molecule has 0 unspecified atom stereocenters. The lowest BCUT2D eigenvalue weighted by molar-refractivity contribution is 0.0248. The van der Waals surface area contributed by atoms with Crippen molar-refractivity contribution in [1.82, 2.24) is 24.6 Å². The third-order valence-electron chi connectivity index (χ3n) is 4.39. The summed E-state index contributed by atoms with van der Waals surface area (Å²) in [7, 11) is 0. The van der Waals surface area contributed by atoms with Gasteiger partial charge in [0.25, 0.3) is 5.91 Å². The molecule has 0 radical (unpaired) electrons. The highest BCUT2D eigenvalue weighted by Gasteiger charge is 2.35. The second-order valence-corrected chi connectivity index (χ2v) is 5.84. The van der Waals surface area contributed by atoms with Gasteiger partial charge in [0.2, 0.25) is 0 Å². The van der Waals surface area contributed by atoms with Gasteiger partial charge in [-0.25, -0.2) is 0 Å². The molecule has 1 aliphatic rings. The Bertz CT molecular complexity index is 648. The Labute approximate surface area is 136 Å². The van der Waals surface area contributed by atoms with E-state index in [1.165, 1.54) is 5.56 Å². The second kappa shape index (κ2) is 6.91. The van der Waals surface area contributed by atoms with Crippen LogP contribution < -0.4 is 0 Å². The van der Waals surface area contributed by atoms with E-state index >= 15 is 0 Å². The molecule has 23 heavy (non-hydrogen) atoms. The van der Waals surface area contributed by atoms with Crippen LogP contribution in [0.3, 0.4) is 0 Å². The fourth-order valence-electron chi connectivity index (χ4n) is 2.89. The molecule has 0 aliphatic carbocycles. The van der Waals surface area contributed by atoms with Crippen molar-refractivity contribution >= 4 is 5.91 Å². The van der Waals surface area contributed by atoms with Gasteiger partial charge in [-0.2, -0.15) is 5.10 Å². The summed E-state index contributed by atoms with van der Waals surface area (Å²) in [6, 6.07) is 6.31. The molecule has 6 nitrogen and oxygen atoms in total. The van der Waals surface area contributed by atoms with E-state index in [0.29, 0.717) is 11.7 Å². The predicted octanol–water partition coefficient (Wildman–Crippen LogP) is 1.64. The number of aryl methyl sites for hydroxylation is 1. The van der Waals surface area contributed by atoms with Gasteiger partial charge in [0.05, 0.1) is 0 Å². The molecule has 3 heterocycles. The minimum Gasteiger partial charge on any atom is -0.334 e. The average Bonchev–Trinajstić information content (AvgIpc) is 3.02. The van der Waals surface area contributed by atoms with Crippen molar-refractivity contribution in [3.8, 4) is 0 Å². The van der Waals surface area contributed by atoms with Crippen molar-refractivity contribution in [2.45, 2.75) is 33.0 Å². The molecule has 1 aliphatic heterocycles. The highest BCUT2D eigenvalue weighted by molar-refractivity contribution is 5.92. The van der Waals surface area contributed by atoms with Crippen molar-refractivity contribution < 1.29 is 4.79 Å². The standard InChI is InChI=1S/C17H23N5O/c1-3-20(11-14-5-8-18-9-6-14)15-12-21(13-15)17(23)16-7-10-22(4-2)19-16/h5-10,15H,3-4,11-13H2,1-2H3. The van der Waals surface area contributed by atoms with E-state index in [9.17, 15) is 4.79 Å². The van der Waals surface area contributed by atoms with Crippen LogP contribution in [0.15, 0.2) is 36.8 Å². The van der Waals surface area contributed by atoms with Crippen molar-refractivity contribution in [2.24, 2.45) is 0 Å². The second-order valence-electron chi connectivity index (χ2n) is 5.84. The van der Waals surface area contributed by atoms with E-state index in [0.717, 1.165) is 32.7 Å². The van der Waals surface area contributed by atoms with Crippen molar-refractivity contribution in [3.63, 3.8) is 0 Å². The van der Waals surface area contributed by atoms with Crippen LogP contribution in [0.4, 0.5) is 0 Å². The van der Waals surface area contributed by atoms with Gasteiger partial charge in [-0.3, -0.25) is 19.4 Å². The Morgan fingerprint density at radius 2 is 2.00 bits per heavy atom. The predicted molar refractivity (Wildman–Crippen MR) is 87.9 cm³/mol. The van der Waals surface area contributed by atoms with Crippen molar-refractivity contribution in [2.75, 3.05) is 19.6 Å². The van der Waals surface area contributed by atoms with Gasteiger partial charge in [-0.05, 0) is 37.2 Å². The lowest BCUT2D eigenvalue weighted by Crippen LogP contribution is -2.60. The Morgan fingerprint density at radius 3 is 2.61 bits per heavy atom. The first-order valence-electron chi connectivity index (χ1n) is 8.17. The molecule has 1 amide bonds. The minimum absolute atomic E-state index is 0.0356. The average molecular weight is 313 g/mol. The zero-order valence-electron chi connectivity index (χ0n) is 13.7. The van der Waals surface area contributed by atoms with E-state index in [2.05, 4.69) is 21.9 Å². The number of aromatic nitrogens is 3. The van der Waals surface area contributed by atoms with Crippen LogP contribution >= 0.6 is 0 Å². The summed E-state index contributed by atoms with van der Waals surface area (Å²) in [6.45, 7) is 8.38. The van der Waals surface area contributed by atoms with Gasteiger partial charge in [0, 0.05) is 50.8 Å². The molecule has 3 rings (SSSR count). The first-order chi connectivity index (χ1) is 11.2. The third-order valence-corrected chi connectivity index (χ3v) is 4.39. The van der Waals surface area contributed by atoms with Gasteiger partial charge in [-0.15, -0.1) is 0 Å². The van der Waals surface area contributed by atoms with E-state index in [-0.39, 0.29) is 5.91 Å². The summed E-state index contributed by atoms with van der Waals surface area (Å²) in [5.74, 6) is 0.0356. The summed E-state index contributed by atoms with van der Waals surface area (Å²) < 4.78 is 1.78. The zero-order valence-corrected chi connectivity index (χ0v) is 13.7. The molecule has 0 bridgehead atoms. The molecule has 0 N–H and O–H groups in total. The van der Waals surface area contributed by atoms with Gasteiger partial charge in [-0.1, -0.05) is 6.92 Å². The van der Waals surface area contributed by atoms with E-state index in [1.54, 1.807) is 10.7 Å². The molecule has 0 saturated carbocycles. The molecule has 122 valence electrons. The maximum absolute atomic E-state index is 12.4. The largest absolute Gasteiger partial charge is 0.334 e. The number of amides is 1. The lowest BCUT2D eigenvalue weighted by atomic mass is 10.1. The number of pyridine rings is 1. The fourth-order valence-corrected chi connectivity index (χ4v) is 2.89. The molecule has 0 aromatic carbocycles. The molecular weight excluding hydrogens is 290 g/mol. The molecule has 0 spiro atoms. The van der Waals surface area contributed by atoms with E-state index < -0.39 is 0 Å². The highest BCUT2D eigenvalue weighted by Crippen LogP contribution is 2.19. The lowest BCUT2D eigenvalue weighted by Gasteiger charge is -2.45. The molecule has 1 saturated heterocycles. The van der Waals surface area contributed by atoms with Gasteiger partial charge in [0.15, 0.2) is 0 Å². The summed E-state index contributed by atoms with van der Waals surface area (Å²) in [5, 5.41) is 4.29. The van der Waals surface area contributed by atoms with Gasteiger partial charge in [0.1, 0.15) is 5.69 Å². The number of hydrogen-bond donors (Lipinski definition) is 0. The number of carbonyl (C=O) groups is 1. The minimum atomic E-state index is 0.0356. The summed E-state index contributed by atoms with van der Waals surface area (Å²) in [6.07, 6.45) is 5.50. The Balaban J connectivity index is 1.55. The molecular formula is C17H23N5O. The van der Waals surface area contributed by atoms with Crippen LogP contribution in [0.1, 0.15) is 29.9 Å². The Morgan fingerprint density at radius 1 is 1.26 bits per heavy atom. The molecule has 2 aromatic rings. The first kappa shape index (κ1) is 15.7. The van der Waals surface area contributed by atoms with Crippen LogP contribution in [0, 0.1) is 0 Å². The quantitative estimate of drug-likeness (QED) is 0.813. The first-order valence-corrected chi connectivity index (χ1v) is 8.17. The highest BCUT2D eigenvalue weighted by atomic mass is 16.2. The topological polar surface area (TPSA) is 54.3 Å². The molecule has 2 aromatic heterocycles. The van der Waals surface area contributed by atoms with Crippen LogP contribution in [0.5, 0.6) is 0 Å². The maximum atomic E-state index is 12.4. The summed E-state index contributed by atoms with van der Waals surface area (Å²) in [5.41, 5.74) is 1.80. The number of rotatable bonds is 6. The third kappa shape index (κ3) is 3.42. The normalized spacial score (nSPS) is 15.0. The number of likely N-dealkylation sites (tertiary alicyclic amines) is 1.